The standard InChI is InChI=1S/C12H14FN3O/c1-16-8-12(7-15-16)17-11-5-9(2-3-14)4-10(13)6-11/h4-8H,2-3,14H2,1H3. The summed E-state index contributed by atoms with van der Waals surface area (Å²) in [7, 11) is 1.79. The Kier molecular flexibility index (Phi) is 3.39. The number of benzene rings is 1. The van der Waals surface area contributed by atoms with Crippen LogP contribution in [0.2, 0.25) is 0 Å². The van der Waals surface area contributed by atoms with Crippen LogP contribution in [0.3, 0.4) is 0 Å². The molecule has 0 amide bonds. The average Bonchev–Trinajstić information content (AvgIpc) is 2.63. The van der Waals surface area contributed by atoms with Gasteiger partial charge in [-0.05, 0) is 30.7 Å². The van der Waals surface area contributed by atoms with Crippen LogP contribution in [0, 0.1) is 5.82 Å². The molecule has 0 spiro atoms. The molecule has 0 atom stereocenters. The van der Waals surface area contributed by atoms with E-state index in [0.717, 1.165) is 5.56 Å². The Morgan fingerprint density at radius 2 is 2.18 bits per heavy atom. The lowest BCUT2D eigenvalue weighted by molar-refractivity contribution is 0.475. The van der Waals surface area contributed by atoms with Crippen molar-refractivity contribution < 1.29 is 9.13 Å². The van der Waals surface area contributed by atoms with Crippen LogP contribution in [-0.4, -0.2) is 16.3 Å². The molecule has 17 heavy (non-hydrogen) atoms. The molecule has 0 saturated carbocycles. The summed E-state index contributed by atoms with van der Waals surface area (Å²) in [5.41, 5.74) is 6.27. The maximum Gasteiger partial charge on any atom is 0.165 e. The van der Waals surface area contributed by atoms with E-state index in [1.807, 2.05) is 0 Å². The van der Waals surface area contributed by atoms with Crippen LogP contribution in [0.4, 0.5) is 4.39 Å². The van der Waals surface area contributed by atoms with Gasteiger partial charge in [0.15, 0.2) is 5.75 Å². The minimum absolute atomic E-state index is 0.324. The van der Waals surface area contributed by atoms with Crippen LogP contribution in [0.25, 0.3) is 0 Å². The van der Waals surface area contributed by atoms with E-state index in [4.69, 9.17) is 10.5 Å². The maximum atomic E-state index is 13.3. The fourth-order valence-corrected chi connectivity index (χ4v) is 1.58. The van der Waals surface area contributed by atoms with Crippen LogP contribution < -0.4 is 10.5 Å². The van der Waals surface area contributed by atoms with Crippen molar-refractivity contribution in [2.24, 2.45) is 12.8 Å². The second-order valence-corrected chi connectivity index (χ2v) is 3.79. The highest BCUT2D eigenvalue weighted by atomic mass is 19.1. The third-order valence-corrected chi connectivity index (χ3v) is 2.28. The van der Waals surface area contributed by atoms with E-state index in [1.165, 1.54) is 12.1 Å². The minimum Gasteiger partial charge on any atom is -0.454 e. The van der Waals surface area contributed by atoms with E-state index in [9.17, 15) is 4.39 Å². The third kappa shape index (κ3) is 3.04. The van der Waals surface area contributed by atoms with Crippen molar-refractivity contribution in [1.82, 2.24) is 9.78 Å². The number of hydrogen-bond donors (Lipinski definition) is 1. The molecule has 1 aromatic heterocycles. The van der Waals surface area contributed by atoms with Crippen molar-refractivity contribution in [3.05, 3.63) is 42.0 Å². The predicted octanol–water partition coefficient (Wildman–Crippen LogP) is 1.85. The Morgan fingerprint density at radius 1 is 1.35 bits per heavy atom. The summed E-state index contributed by atoms with van der Waals surface area (Å²) < 4.78 is 20.4. The second kappa shape index (κ2) is 4.97. The van der Waals surface area contributed by atoms with E-state index < -0.39 is 0 Å². The van der Waals surface area contributed by atoms with E-state index in [-0.39, 0.29) is 5.82 Å². The van der Waals surface area contributed by atoms with Gasteiger partial charge in [-0.25, -0.2) is 4.39 Å². The summed E-state index contributed by atoms with van der Waals surface area (Å²) in [6, 6.07) is 4.58. The van der Waals surface area contributed by atoms with Gasteiger partial charge < -0.3 is 10.5 Å². The lowest BCUT2D eigenvalue weighted by atomic mass is 10.1. The fourth-order valence-electron chi connectivity index (χ4n) is 1.58. The average molecular weight is 235 g/mol. The Labute approximate surface area is 98.8 Å². The number of aryl methyl sites for hydroxylation is 1. The topological polar surface area (TPSA) is 53.1 Å². The van der Waals surface area contributed by atoms with Crippen LogP contribution in [-0.2, 0) is 13.5 Å². The van der Waals surface area contributed by atoms with Crippen molar-refractivity contribution in [1.29, 1.82) is 0 Å². The van der Waals surface area contributed by atoms with Crippen molar-refractivity contribution >= 4 is 0 Å². The number of hydrogen-bond acceptors (Lipinski definition) is 3. The highest BCUT2D eigenvalue weighted by Gasteiger charge is 2.04. The van der Waals surface area contributed by atoms with Crippen molar-refractivity contribution in [3.63, 3.8) is 0 Å². The van der Waals surface area contributed by atoms with Gasteiger partial charge in [0.25, 0.3) is 0 Å². The van der Waals surface area contributed by atoms with Gasteiger partial charge in [-0.2, -0.15) is 5.10 Å². The molecule has 0 radical (unpaired) electrons. The molecule has 4 nitrogen and oxygen atoms in total. The summed E-state index contributed by atoms with van der Waals surface area (Å²) >= 11 is 0. The summed E-state index contributed by atoms with van der Waals surface area (Å²) in [6.45, 7) is 0.482. The van der Waals surface area contributed by atoms with Gasteiger partial charge in [0, 0.05) is 13.1 Å². The minimum atomic E-state index is -0.324. The zero-order chi connectivity index (χ0) is 12.3. The van der Waals surface area contributed by atoms with Gasteiger partial charge in [0.1, 0.15) is 11.6 Å². The van der Waals surface area contributed by atoms with E-state index in [2.05, 4.69) is 5.10 Å². The van der Waals surface area contributed by atoms with E-state index in [0.29, 0.717) is 24.5 Å². The van der Waals surface area contributed by atoms with Gasteiger partial charge >= 0.3 is 0 Å². The maximum absolute atomic E-state index is 13.3. The SMILES string of the molecule is Cn1cc(Oc2cc(F)cc(CCN)c2)cn1. The molecule has 1 aromatic carbocycles. The van der Waals surface area contributed by atoms with Gasteiger partial charge in [-0.3, -0.25) is 4.68 Å². The Bertz CT molecular complexity index is 510. The van der Waals surface area contributed by atoms with Crippen LogP contribution in [0.1, 0.15) is 5.56 Å². The first kappa shape index (κ1) is 11.6. The zero-order valence-corrected chi connectivity index (χ0v) is 9.56. The summed E-state index contributed by atoms with van der Waals surface area (Å²) in [6.07, 6.45) is 3.92. The Balaban J connectivity index is 2.20. The number of ether oxygens (including phenoxy) is 1. The predicted molar refractivity (Wildman–Crippen MR) is 62.4 cm³/mol. The molecule has 1 heterocycles. The molecular weight excluding hydrogens is 221 g/mol. The first-order chi connectivity index (χ1) is 8.17. The molecule has 2 aromatic rings. The molecule has 0 saturated heterocycles. The van der Waals surface area contributed by atoms with Gasteiger partial charge in [0.05, 0.1) is 12.4 Å². The number of nitrogens with two attached hydrogens (primary N) is 1. The number of rotatable bonds is 4. The molecule has 2 rings (SSSR count). The molecule has 2 N–H and O–H groups in total. The first-order valence-electron chi connectivity index (χ1n) is 5.33. The molecule has 0 unspecified atom stereocenters. The summed E-state index contributed by atoms with van der Waals surface area (Å²) in [5, 5.41) is 3.97. The quantitative estimate of drug-likeness (QED) is 0.879. The number of nitrogens with zero attached hydrogens (tertiary/aromatic N) is 2. The smallest absolute Gasteiger partial charge is 0.165 e. The zero-order valence-electron chi connectivity index (χ0n) is 9.56. The van der Waals surface area contributed by atoms with E-state index >= 15 is 0 Å². The number of aromatic nitrogens is 2. The molecule has 0 bridgehead atoms. The molecule has 0 fully saturated rings. The molecule has 0 aliphatic heterocycles. The Morgan fingerprint density at radius 3 is 2.82 bits per heavy atom. The number of halogens is 1. The van der Waals surface area contributed by atoms with Crippen molar-refractivity contribution in [2.75, 3.05) is 6.54 Å². The van der Waals surface area contributed by atoms with Crippen LogP contribution >= 0.6 is 0 Å². The summed E-state index contributed by atoms with van der Waals surface area (Å²) in [5.74, 6) is 0.716. The highest BCUT2D eigenvalue weighted by Crippen LogP contribution is 2.23. The lowest BCUT2D eigenvalue weighted by Crippen LogP contribution is -2.03. The Hall–Kier alpha value is -1.88. The molecule has 0 aliphatic rings. The largest absolute Gasteiger partial charge is 0.454 e. The fraction of sp³-hybridized carbons (Fsp3) is 0.250. The molecular formula is C12H14FN3O. The molecule has 0 aliphatic carbocycles. The lowest BCUT2D eigenvalue weighted by Gasteiger charge is -2.05. The van der Waals surface area contributed by atoms with Crippen molar-refractivity contribution in [3.8, 4) is 11.5 Å². The monoisotopic (exact) mass is 235 g/mol. The van der Waals surface area contributed by atoms with Gasteiger partial charge in [-0.1, -0.05) is 0 Å². The van der Waals surface area contributed by atoms with E-state index in [1.54, 1.807) is 30.2 Å². The van der Waals surface area contributed by atoms with Crippen LogP contribution in [0.15, 0.2) is 30.6 Å². The first-order valence-corrected chi connectivity index (χ1v) is 5.33. The third-order valence-electron chi connectivity index (χ3n) is 2.28. The second-order valence-electron chi connectivity index (χ2n) is 3.79. The summed E-state index contributed by atoms with van der Waals surface area (Å²) in [4.78, 5) is 0. The normalized spacial score (nSPS) is 10.5. The van der Waals surface area contributed by atoms with Gasteiger partial charge in [0.2, 0.25) is 0 Å². The van der Waals surface area contributed by atoms with Crippen molar-refractivity contribution in [2.45, 2.75) is 6.42 Å². The highest BCUT2D eigenvalue weighted by molar-refractivity contribution is 5.33. The molecule has 5 heteroatoms. The van der Waals surface area contributed by atoms with Crippen LogP contribution in [0.5, 0.6) is 11.5 Å². The van der Waals surface area contributed by atoms with Gasteiger partial charge in [-0.15, -0.1) is 0 Å². The molecule has 90 valence electrons.